The average Bonchev–Trinajstić information content (AvgIpc) is 3.42. The Morgan fingerprint density at radius 3 is 3.00 bits per heavy atom. The molecule has 2 aromatic heterocycles. The van der Waals surface area contributed by atoms with Crippen LogP contribution in [-0.2, 0) is 14.2 Å². The van der Waals surface area contributed by atoms with Gasteiger partial charge >= 0.3 is 5.97 Å². The van der Waals surface area contributed by atoms with Crippen LogP contribution in [0.5, 0.6) is 5.75 Å². The fraction of sp³-hybridized carbons (Fsp3) is 0.318. The monoisotopic (exact) mass is 409 g/mol. The van der Waals surface area contributed by atoms with Crippen molar-refractivity contribution in [3.8, 4) is 5.75 Å². The van der Waals surface area contributed by atoms with Gasteiger partial charge in [0, 0.05) is 11.8 Å². The Hall–Kier alpha value is -3.55. The molecule has 156 valence electrons. The summed E-state index contributed by atoms with van der Waals surface area (Å²) in [5.74, 6) is 0.778. The van der Waals surface area contributed by atoms with Gasteiger partial charge in [0.15, 0.2) is 5.76 Å². The van der Waals surface area contributed by atoms with Crippen LogP contribution in [0, 0.1) is 0 Å². The third-order valence-corrected chi connectivity index (χ3v) is 4.62. The number of esters is 1. The topological polar surface area (TPSA) is 95.6 Å². The van der Waals surface area contributed by atoms with Crippen LogP contribution in [0.4, 0.5) is 0 Å². The molecule has 1 unspecified atom stereocenters. The summed E-state index contributed by atoms with van der Waals surface area (Å²) in [5.41, 5.74) is 2.74. The molecule has 0 amide bonds. The predicted molar refractivity (Wildman–Crippen MR) is 110 cm³/mol. The molecule has 4 rings (SSSR count). The zero-order chi connectivity index (χ0) is 20.9. The Bertz CT molecular complexity index is 1080. The standard InChI is InChI=1S/C22H23N3O5/c1-3-5-9-28-15-8-6-7-14(10-15)22-29-12-17(30-22)19-20-18(24-13-25-19)16(11-23-20)21(26)27-4-2/h6-8,10-13,22-23H,3-5,9H2,1-2H3. The molecule has 3 heterocycles. The van der Waals surface area contributed by atoms with E-state index in [9.17, 15) is 4.79 Å². The van der Waals surface area contributed by atoms with E-state index in [4.69, 9.17) is 18.9 Å². The van der Waals surface area contributed by atoms with Crippen LogP contribution in [0.2, 0.25) is 0 Å². The Morgan fingerprint density at radius 1 is 1.27 bits per heavy atom. The van der Waals surface area contributed by atoms with Crippen molar-refractivity contribution in [2.45, 2.75) is 33.0 Å². The summed E-state index contributed by atoms with van der Waals surface area (Å²) in [7, 11) is 0. The van der Waals surface area contributed by atoms with Crippen molar-refractivity contribution >= 4 is 22.8 Å². The quantitative estimate of drug-likeness (QED) is 0.436. The van der Waals surface area contributed by atoms with E-state index in [1.54, 1.807) is 13.1 Å². The number of rotatable bonds is 8. The van der Waals surface area contributed by atoms with Crippen molar-refractivity contribution in [3.05, 3.63) is 59.9 Å². The van der Waals surface area contributed by atoms with Crippen molar-refractivity contribution in [2.75, 3.05) is 13.2 Å². The van der Waals surface area contributed by atoms with E-state index in [0.29, 0.717) is 34.7 Å². The number of fused-ring (bicyclic) bond motifs is 1. The lowest BCUT2D eigenvalue weighted by Crippen LogP contribution is -2.04. The van der Waals surface area contributed by atoms with Gasteiger partial charge in [0.2, 0.25) is 0 Å². The molecule has 0 fully saturated rings. The third-order valence-electron chi connectivity index (χ3n) is 4.62. The summed E-state index contributed by atoms with van der Waals surface area (Å²) in [6, 6.07) is 7.63. The lowest BCUT2D eigenvalue weighted by atomic mass is 10.2. The number of hydrogen-bond acceptors (Lipinski definition) is 7. The fourth-order valence-electron chi connectivity index (χ4n) is 3.13. The molecule has 1 aliphatic rings. The maximum absolute atomic E-state index is 12.1. The van der Waals surface area contributed by atoms with Crippen molar-refractivity contribution in [1.82, 2.24) is 15.0 Å². The van der Waals surface area contributed by atoms with Gasteiger partial charge in [-0.1, -0.05) is 25.5 Å². The number of hydrogen-bond donors (Lipinski definition) is 1. The zero-order valence-electron chi connectivity index (χ0n) is 16.9. The minimum absolute atomic E-state index is 0.286. The molecular formula is C22H23N3O5. The second kappa shape index (κ2) is 8.86. The first-order chi connectivity index (χ1) is 14.7. The zero-order valence-corrected chi connectivity index (χ0v) is 16.9. The minimum Gasteiger partial charge on any atom is -0.494 e. The molecule has 0 saturated carbocycles. The van der Waals surface area contributed by atoms with Crippen LogP contribution in [0.25, 0.3) is 16.8 Å². The number of aromatic nitrogens is 3. The molecule has 1 aliphatic heterocycles. The number of nitrogens with zero attached hydrogens (tertiary/aromatic N) is 2. The van der Waals surface area contributed by atoms with Crippen LogP contribution in [0.15, 0.2) is 43.1 Å². The number of benzene rings is 1. The Balaban J connectivity index is 1.53. The highest BCUT2D eigenvalue weighted by Gasteiger charge is 2.27. The summed E-state index contributed by atoms with van der Waals surface area (Å²) in [6.45, 7) is 4.83. The van der Waals surface area contributed by atoms with E-state index in [1.807, 2.05) is 24.3 Å². The molecule has 0 aliphatic carbocycles. The first kappa shape index (κ1) is 19.8. The average molecular weight is 409 g/mol. The van der Waals surface area contributed by atoms with E-state index in [2.05, 4.69) is 21.9 Å². The van der Waals surface area contributed by atoms with Crippen molar-refractivity contribution in [3.63, 3.8) is 0 Å². The Kier molecular flexibility index (Phi) is 5.83. The molecule has 0 radical (unpaired) electrons. The summed E-state index contributed by atoms with van der Waals surface area (Å²) in [4.78, 5) is 23.7. The lowest BCUT2D eigenvalue weighted by Gasteiger charge is -2.13. The number of carbonyl (C=O) groups is 1. The van der Waals surface area contributed by atoms with Crippen molar-refractivity contribution in [2.24, 2.45) is 0 Å². The molecule has 8 heteroatoms. The van der Waals surface area contributed by atoms with Crippen LogP contribution in [0.3, 0.4) is 0 Å². The van der Waals surface area contributed by atoms with E-state index in [0.717, 1.165) is 24.2 Å². The molecule has 8 nitrogen and oxygen atoms in total. The number of aromatic amines is 1. The van der Waals surface area contributed by atoms with E-state index >= 15 is 0 Å². The number of H-pyrrole nitrogens is 1. The molecule has 0 saturated heterocycles. The second-order valence-electron chi connectivity index (χ2n) is 6.71. The number of nitrogens with one attached hydrogen (secondary N) is 1. The van der Waals surface area contributed by atoms with Gasteiger partial charge < -0.3 is 23.9 Å². The highest BCUT2D eigenvalue weighted by atomic mass is 16.7. The first-order valence-electron chi connectivity index (χ1n) is 9.95. The summed E-state index contributed by atoms with van der Waals surface area (Å²) < 4.78 is 22.6. The summed E-state index contributed by atoms with van der Waals surface area (Å²) in [5, 5.41) is 0. The largest absolute Gasteiger partial charge is 0.494 e. The van der Waals surface area contributed by atoms with Crippen LogP contribution in [0.1, 0.15) is 54.6 Å². The number of carbonyl (C=O) groups excluding carboxylic acids is 1. The number of unbranched alkanes of at least 4 members (excludes halogenated alkanes) is 1. The van der Waals surface area contributed by atoms with Gasteiger partial charge in [-0.2, -0.15) is 0 Å². The maximum Gasteiger partial charge on any atom is 0.341 e. The molecule has 30 heavy (non-hydrogen) atoms. The molecule has 3 aromatic rings. The van der Waals surface area contributed by atoms with E-state index < -0.39 is 12.3 Å². The predicted octanol–water partition coefficient (Wildman–Crippen LogP) is 4.36. The summed E-state index contributed by atoms with van der Waals surface area (Å²) >= 11 is 0. The van der Waals surface area contributed by atoms with Crippen molar-refractivity contribution < 1.29 is 23.7 Å². The minimum atomic E-state index is -0.612. The summed E-state index contributed by atoms with van der Waals surface area (Å²) in [6.07, 6.45) is 5.92. The van der Waals surface area contributed by atoms with Gasteiger partial charge in [0.05, 0.1) is 18.7 Å². The van der Waals surface area contributed by atoms with Gasteiger partial charge in [0.25, 0.3) is 6.29 Å². The highest BCUT2D eigenvalue weighted by Crippen LogP contribution is 2.36. The van der Waals surface area contributed by atoms with Gasteiger partial charge in [-0.15, -0.1) is 0 Å². The smallest absolute Gasteiger partial charge is 0.341 e. The molecule has 1 aromatic carbocycles. The fourth-order valence-corrected chi connectivity index (χ4v) is 3.13. The van der Waals surface area contributed by atoms with Crippen LogP contribution in [-0.4, -0.2) is 34.1 Å². The first-order valence-corrected chi connectivity index (χ1v) is 9.95. The normalized spacial score (nSPS) is 15.4. The molecule has 1 N–H and O–H groups in total. The van der Waals surface area contributed by atoms with E-state index in [1.165, 1.54) is 12.6 Å². The Labute approximate surface area is 173 Å². The van der Waals surface area contributed by atoms with Gasteiger partial charge in [0.1, 0.15) is 35.1 Å². The molecule has 1 atom stereocenters. The third kappa shape index (κ3) is 3.94. The molecule has 0 bridgehead atoms. The van der Waals surface area contributed by atoms with Crippen LogP contribution < -0.4 is 4.74 Å². The van der Waals surface area contributed by atoms with E-state index in [-0.39, 0.29) is 6.61 Å². The molecular weight excluding hydrogens is 386 g/mol. The van der Waals surface area contributed by atoms with Gasteiger partial charge in [-0.3, -0.25) is 0 Å². The maximum atomic E-state index is 12.1. The van der Waals surface area contributed by atoms with Gasteiger partial charge in [-0.25, -0.2) is 14.8 Å². The van der Waals surface area contributed by atoms with Gasteiger partial charge in [-0.05, 0) is 25.5 Å². The molecule has 0 spiro atoms. The lowest BCUT2D eigenvalue weighted by molar-refractivity contribution is -0.0173. The SMILES string of the molecule is CCCCOc1cccc(C2OC=C(c3ncnc4c(C(=O)OCC)c[nH]c34)O2)c1. The Morgan fingerprint density at radius 2 is 2.17 bits per heavy atom. The highest BCUT2D eigenvalue weighted by molar-refractivity contribution is 6.04. The number of ether oxygens (including phenoxy) is 4. The van der Waals surface area contributed by atoms with Crippen LogP contribution >= 0.6 is 0 Å². The van der Waals surface area contributed by atoms with Crippen molar-refractivity contribution in [1.29, 1.82) is 0 Å². The second-order valence-corrected chi connectivity index (χ2v) is 6.71.